The molecule has 1 spiro atoms. The van der Waals surface area contributed by atoms with Crippen LogP contribution in [0.4, 0.5) is 0 Å². The van der Waals surface area contributed by atoms with E-state index < -0.39 is 48.5 Å². The molecule has 0 aliphatic carbocycles. The van der Waals surface area contributed by atoms with E-state index in [0.29, 0.717) is 38.0 Å². The van der Waals surface area contributed by atoms with Gasteiger partial charge in [0.1, 0.15) is 41.4 Å². The second-order valence-corrected chi connectivity index (χ2v) is 17.2. The summed E-state index contributed by atoms with van der Waals surface area (Å²) in [6, 6.07) is 13.6. The number of hydrogen-bond donors (Lipinski definition) is 6. The summed E-state index contributed by atoms with van der Waals surface area (Å²) in [6.07, 6.45) is -3.38. The number of fused-ring (bicyclic) bond motifs is 2. The van der Waals surface area contributed by atoms with Gasteiger partial charge in [-0.1, -0.05) is 64.9 Å². The first kappa shape index (κ1) is 40.7. The SMILES string of the molecule is Cc1cc2cc(C(=O)O)cc(O[C@@H]3O[C@H](CO)[C@]4(CC[C@H](C)[C@@H]5CCOC[C@]5(CCO)CSSCO4)[C@H](O)[C@H]3O)c2c(O)c1C(=O)CCc1ccccc1. The molecule has 3 aromatic carbocycles. The number of carboxylic acids is 1. The third-order valence-electron chi connectivity index (χ3n) is 11.6. The molecule has 0 radical (unpaired) electrons. The molecular weight excluding hydrogens is 737 g/mol. The highest BCUT2D eigenvalue weighted by Gasteiger charge is 2.58. The highest BCUT2D eigenvalue weighted by atomic mass is 33.1. The number of aryl methyl sites for hydroxylation is 2. The van der Waals surface area contributed by atoms with Gasteiger partial charge in [-0.15, -0.1) is 0 Å². The van der Waals surface area contributed by atoms with Crippen molar-refractivity contribution >= 4 is 44.1 Å². The van der Waals surface area contributed by atoms with Gasteiger partial charge in [0.2, 0.25) is 6.29 Å². The third kappa shape index (κ3) is 8.14. The standard InChI is InChI=1S/C40H50O12S2/c1-23-10-12-40(50-22-54-53-21-39(13-14-41)20-49-15-11-28(23)39)31(19-42)52-38(35(45)36(40)46)51-30-18-27(37(47)48)17-26-16-24(2)32(34(44)33(26)30)29(43)9-8-25-6-4-3-5-7-25/h3-7,16-18,23,28,31,35-36,38,41-42,44-46H,8-15,19-22H2,1-2H3,(H,47,48)/t23-,28-,31+,35+,36+,38+,39+,40+/m0/s1. The molecule has 8 atom stereocenters. The number of aromatic carboxylic acids is 1. The van der Waals surface area contributed by atoms with Crippen LogP contribution >= 0.6 is 21.6 Å². The topological polar surface area (TPSA) is 192 Å². The van der Waals surface area contributed by atoms with Gasteiger partial charge in [-0.3, -0.25) is 4.79 Å². The Morgan fingerprint density at radius 2 is 1.83 bits per heavy atom. The van der Waals surface area contributed by atoms with Gasteiger partial charge in [0, 0.05) is 30.8 Å². The molecule has 12 nitrogen and oxygen atoms in total. The summed E-state index contributed by atoms with van der Waals surface area (Å²) in [5, 5.41) is 66.3. The van der Waals surface area contributed by atoms with Gasteiger partial charge in [0.25, 0.3) is 0 Å². The summed E-state index contributed by atoms with van der Waals surface area (Å²) in [5.41, 5.74) is -0.484. The number of carbonyl (C=O) groups excluding carboxylic acids is 1. The Morgan fingerprint density at radius 3 is 2.56 bits per heavy atom. The number of phenolic OH excluding ortho intramolecular Hbond substituents is 1. The molecule has 3 saturated heterocycles. The smallest absolute Gasteiger partial charge is 0.335 e. The number of phenols is 1. The summed E-state index contributed by atoms with van der Waals surface area (Å²) in [6.45, 7) is 4.39. The van der Waals surface area contributed by atoms with Crippen LogP contribution in [0.2, 0.25) is 0 Å². The van der Waals surface area contributed by atoms with E-state index in [0.717, 1.165) is 17.7 Å². The van der Waals surface area contributed by atoms with E-state index in [1.165, 1.54) is 22.9 Å². The maximum absolute atomic E-state index is 13.5. The molecule has 0 unspecified atom stereocenters. The van der Waals surface area contributed by atoms with E-state index in [9.17, 15) is 40.2 Å². The highest BCUT2D eigenvalue weighted by molar-refractivity contribution is 8.76. The number of rotatable bonds is 10. The first-order valence-corrected chi connectivity index (χ1v) is 20.9. The van der Waals surface area contributed by atoms with Crippen LogP contribution in [-0.2, 0) is 20.6 Å². The summed E-state index contributed by atoms with van der Waals surface area (Å²) in [4.78, 5) is 25.8. The molecule has 3 heterocycles. The van der Waals surface area contributed by atoms with Crippen LogP contribution in [0.25, 0.3) is 10.8 Å². The Hall–Kier alpha value is -2.92. The van der Waals surface area contributed by atoms with Gasteiger partial charge < -0.3 is 49.6 Å². The van der Waals surface area contributed by atoms with E-state index in [1.54, 1.807) is 23.8 Å². The van der Waals surface area contributed by atoms with Gasteiger partial charge in [0.05, 0.1) is 29.7 Å². The predicted octanol–water partition coefficient (Wildman–Crippen LogP) is 5.11. The molecule has 14 heteroatoms. The Balaban J connectivity index is 1.30. The molecular formula is C40H50O12S2. The number of ketones is 1. The zero-order valence-electron chi connectivity index (χ0n) is 30.5. The lowest BCUT2D eigenvalue weighted by atomic mass is 9.65. The van der Waals surface area contributed by atoms with Crippen molar-refractivity contribution in [3.63, 3.8) is 0 Å². The van der Waals surface area contributed by atoms with E-state index in [4.69, 9.17) is 18.9 Å². The zero-order chi connectivity index (χ0) is 38.6. The van der Waals surface area contributed by atoms with Crippen molar-refractivity contribution in [2.24, 2.45) is 17.3 Å². The minimum atomic E-state index is -1.73. The van der Waals surface area contributed by atoms with Crippen molar-refractivity contribution in [1.29, 1.82) is 0 Å². The predicted molar refractivity (Wildman–Crippen MR) is 205 cm³/mol. The maximum atomic E-state index is 13.5. The lowest BCUT2D eigenvalue weighted by Crippen LogP contribution is -2.69. The fourth-order valence-corrected chi connectivity index (χ4v) is 11.1. The van der Waals surface area contributed by atoms with Crippen LogP contribution in [-0.4, -0.2) is 111 Å². The van der Waals surface area contributed by atoms with Crippen molar-refractivity contribution in [2.45, 2.75) is 82.6 Å². The lowest BCUT2D eigenvalue weighted by Gasteiger charge is -2.51. The zero-order valence-corrected chi connectivity index (χ0v) is 32.2. The first-order valence-electron chi connectivity index (χ1n) is 18.4. The Kier molecular flexibility index (Phi) is 13.2. The molecule has 0 bridgehead atoms. The number of aliphatic hydroxyl groups is 4. The van der Waals surface area contributed by atoms with Gasteiger partial charge in [-0.05, 0) is 79.5 Å². The van der Waals surface area contributed by atoms with Crippen LogP contribution in [0.1, 0.15) is 70.9 Å². The van der Waals surface area contributed by atoms with E-state index in [2.05, 4.69) is 6.92 Å². The van der Waals surface area contributed by atoms with Crippen LogP contribution in [0.3, 0.4) is 0 Å². The number of Topliss-reactive ketones (excluding diaryl/α,β-unsaturated/α-hetero) is 1. The Bertz CT molecular complexity index is 1780. The third-order valence-corrected chi connectivity index (χ3v) is 13.8. The summed E-state index contributed by atoms with van der Waals surface area (Å²) < 4.78 is 24.7. The van der Waals surface area contributed by atoms with Crippen LogP contribution < -0.4 is 4.74 Å². The number of ether oxygens (including phenoxy) is 4. The molecule has 0 amide bonds. The molecule has 294 valence electrons. The van der Waals surface area contributed by atoms with Crippen molar-refractivity contribution in [3.8, 4) is 11.5 Å². The van der Waals surface area contributed by atoms with Gasteiger partial charge >= 0.3 is 5.97 Å². The average Bonchev–Trinajstić information content (AvgIpc) is 3.18. The number of aliphatic hydroxyl groups excluding tert-OH is 4. The number of benzene rings is 3. The quantitative estimate of drug-likeness (QED) is 0.117. The molecule has 3 aliphatic heterocycles. The fraction of sp³-hybridized carbons (Fsp3) is 0.550. The fourth-order valence-electron chi connectivity index (χ4n) is 8.65. The minimum absolute atomic E-state index is 0.0380. The summed E-state index contributed by atoms with van der Waals surface area (Å²) in [7, 11) is 3.02. The molecule has 3 aliphatic rings. The monoisotopic (exact) mass is 786 g/mol. The molecule has 6 rings (SSSR count). The van der Waals surface area contributed by atoms with Gasteiger partial charge in [-0.25, -0.2) is 4.79 Å². The first-order chi connectivity index (χ1) is 25.9. The number of carbonyl (C=O) groups is 2. The largest absolute Gasteiger partial charge is 0.506 e. The van der Waals surface area contributed by atoms with Crippen LogP contribution in [0, 0.1) is 24.2 Å². The van der Waals surface area contributed by atoms with Crippen molar-refractivity contribution in [2.75, 3.05) is 38.1 Å². The molecule has 54 heavy (non-hydrogen) atoms. The van der Waals surface area contributed by atoms with Crippen LogP contribution in [0.15, 0.2) is 48.5 Å². The number of carboxylic acid groups (broad SMARTS) is 1. The maximum Gasteiger partial charge on any atom is 0.335 e. The molecule has 3 aromatic rings. The Labute approximate surface area is 322 Å². The summed E-state index contributed by atoms with van der Waals surface area (Å²) in [5.74, 6) is -1.01. The second-order valence-electron chi connectivity index (χ2n) is 14.8. The van der Waals surface area contributed by atoms with E-state index in [-0.39, 0.29) is 76.1 Å². The second kappa shape index (κ2) is 17.5. The lowest BCUT2D eigenvalue weighted by molar-refractivity contribution is -0.322. The number of hydrogen-bond acceptors (Lipinski definition) is 13. The van der Waals surface area contributed by atoms with Crippen molar-refractivity contribution in [3.05, 3.63) is 70.8 Å². The van der Waals surface area contributed by atoms with Gasteiger partial charge in [-0.2, -0.15) is 0 Å². The van der Waals surface area contributed by atoms with Crippen molar-refractivity contribution < 1.29 is 59.2 Å². The normalized spacial score (nSPS) is 30.7. The highest BCUT2D eigenvalue weighted by Crippen LogP contribution is 2.50. The van der Waals surface area contributed by atoms with E-state index >= 15 is 0 Å². The minimum Gasteiger partial charge on any atom is -0.506 e. The summed E-state index contributed by atoms with van der Waals surface area (Å²) >= 11 is 0. The molecule has 0 aromatic heterocycles. The van der Waals surface area contributed by atoms with Gasteiger partial charge in [0.15, 0.2) is 5.78 Å². The average molecular weight is 787 g/mol. The van der Waals surface area contributed by atoms with Crippen molar-refractivity contribution in [1.82, 2.24) is 0 Å². The van der Waals surface area contributed by atoms with Crippen LogP contribution in [0.5, 0.6) is 11.5 Å². The molecule has 0 saturated carbocycles. The van der Waals surface area contributed by atoms with E-state index in [1.807, 2.05) is 30.3 Å². The molecule has 6 N–H and O–H groups in total. The molecule has 3 fully saturated rings. The number of aromatic hydroxyl groups is 1. The Morgan fingerprint density at radius 1 is 1.06 bits per heavy atom.